The number of urea groups is 1. The molecule has 3 heterocycles. The molecule has 0 unspecified atom stereocenters. The Bertz CT molecular complexity index is 3370. The molecule has 0 saturated carbocycles. The first-order valence-electron chi connectivity index (χ1n) is 20.6. The lowest BCUT2D eigenvalue weighted by molar-refractivity contribution is 0.155. The average molecular weight is 966 g/mol. The summed E-state index contributed by atoms with van der Waals surface area (Å²) in [6, 6.07) is 49.2. The molecule has 0 bridgehead atoms. The van der Waals surface area contributed by atoms with E-state index < -0.39 is 18.2 Å². The fourth-order valence-corrected chi connectivity index (χ4v) is 7.86. The van der Waals surface area contributed by atoms with Crippen LogP contribution in [0.1, 0.15) is 5.56 Å². The standard InChI is InChI=1S/C21H16ClN3O2.C15H12ClN3O2.C14H11ClN4O/c22-18-12-19-17(11-16(18)15-9-5-2-6-10-15)20(25-24-19)23-21(26)27-13-14-7-3-1-4-8-14;1-21-15(20)17-14-11-7-10(9-5-3-2-4-6-9)12(16)8-13(11)18-19-14;15-11-7-12-10(13(19-18-12)17-14(16)20)6-9(11)8-4-2-1-3-5-8/h1-12H,13H2,(H2,23,24,25,26);2-8H,1H3,(H2,17,18,19,20);1-7H,(H4,16,17,18,19,20). The van der Waals surface area contributed by atoms with E-state index in [0.29, 0.717) is 32.5 Å². The number of primary amides is 1. The van der Waals surface area contributed by atoms with Crippen molar-refractivity contribution in [2.45, 2.75) is 6.61 Å². The highest BCUT2D eigenvalue weighted by Gasteiger charge is 2.16. The Hall–Kier alpha value is -8.37. The first-order chi connectivity index (χ1) is 33.0. The van der Waals surface area contributed by atoms with E-state index in [9.17, 15) is 14.4 Å². The summed E-state index contributed by atoms with van der Waals surface area (Å²) in [4.78, 5) is 34.4. The van der Waals surface area contributed by atoms with Gasteiger partial charge in [0, 0.05) is 32.8 Å². The zero-order valence-corrected chi connectivity index (χ0v) is 38.1. The Kier molecular flexibility index (Phi) is 14.5. The summed E-state index contributed by atoms with van der Waals surface area (Å²) in [7, 11) is 1.30. The molecule has 3 aromatic heterocycles. The summed E-state index contributed by atoms with van der Waals surface area (Å²) in [5.74, 6) is 1.20. The largest absolute Gasteiger partial charge is 0.453 e. The maximum absolute atomic E-state index is 12.1. The van der Waals surface area contributed by atoms with Gasteiger partial charge < -0.3 is 15.2 Å². The highest BCUT2D eigenvalue weighted by Crippen LogP contribution is 2.36. The van der Waals surface area contributed by atoms with Crippen molar-refractivity contribution in [3.05, 3.63) is 178 Å². The summed E-state index contributed by atoms with van der Waals surface area (Å²) in [6.07, 6.45) is -1.14. The van der Waals surface area contributed by atoms with Crippen LogP contribution in [0.15, 0.2) is 158 Å². The molecule has 0 spiro atoms. The Morgan fingerprint density at radius 1 is 0.500 bits per heavy atom. The number of H-pyrrole nitrogens is 3. The van der Waals surface area contributed by atoms with Crippen LogP contribution < -0.4 is 21.7 Å². The Labute approximate surface area is 402 Å². The van der Waals surface area contributed by atoms with Crippen LogP contribution in [0.3, 0.4) is 0 Å². The van der Waals surface area contributed by atoms with Crippen molar-refractivity contribution in [2.75, 3.05) is 23.1 Å². The van der Waals surface area contributed by atoms with E-state index in [1.54, 1.807) is 18.2 Å². The van der Waals surface area contributed by atoms with Gasteiger partial charge >= 0.3 is 18.2 Å². The maximum atomic E-state index is 12.1. The third-order valence-corrected chi connectivity index (χ3v) is 11.2. The van der Waals surface area contributed by atoms with Gasteiger partial charge in [-0.25, -0.2) is 14.4 Å². The van der Waals surface area contributed by atoms with Crippen LogP contribution in [0.4, 0.5) is 31.8 Å². The first-order valence-corrected chi connectivity index (χ1v) is 21.8. The van der Waals surface area contributed by atoms with Gasteiger partial charge in [0.15, 0.2) is 17.5 Å². The Morgan fingerprint density at radius 3 is 1.19 bits per heavy atom. The monoisotopic (exact) mass is 964 g/mol. The molecule has 0 radical (unpaired) electrons. The molecule has 0 aliphatic heterocycles. The van der Waals surface area contributed by atoms with E-state index in [4.69, 9.17) is 45.3 Å². The van der Waals surface area contributed by atoms with Crippen LogP contribution in [0.25, 0.3) is 66.1 Å². The quantitative estimate of drug-likeness (QED) is 0.0775. The van der Waals surface area contributed by atoms with E-state index in [-0.39, 0.29) is 6.61 Å². The predicted octanol–water partition coefficient (Wildman–Crippen LogP) is 13.1. The Balaban J connectivity index is 0.000000140. The number of hydrogen-bond donors (Lipinski definition) is 7. The number of nitrogens with zero attached hydrogens (tertiary/aromatic N) is 3. The number of amides is 4. The number of carbonyl (C=O) groups is 3. The molecule has 10 rings (SSSR count). The minimum atomic E-state index is -0.658. The lowest BCUT2D eigenvalue weighted by atomic mass is 10.0. The SMILES string of the molecule is COC(=O)Nc1n[nH]c2cc(Cl)c(-c3ccccc3)cc12.NC(=O)Nc1n[nH]c2cc(Cl)c(-c3ccccc3)cc12.O=C(Nc1n[nH]c2cc(Cl)c(-c3ccccc3)cc12)OCc1ccccc1. The molecule has 0 aliphatic carbocycles. The summed E-state index contributed by atoms with van der Waals surface area (Å²) in [5, 5.41) is 32.6. The minimum Gasteiger partial charge on any atom is -0.453 e. The van der Waals surface area contributed by atoms with Crippen LogP contribution in [-0.4, -0.2) is 55.9 Å². The minimum absolute atomic E-state index is 0.191. The number of hydrogen-bond acceptors (Lipinski definition) is 8. The Morgan fingerprint density at radius 2 is 0.838 bits per heavy atom. The zero-order chi connectivity index (χ0) is 47.6. The van der Waals surface area contributed by atoms with E-state index in [0.717, 1.165) is 71.7 Å². The fourth-order valence-electron chi connectivity index (χ4n) is 7.04. The lowest BCUT2D eigenvalue weighted by Crippen LogP contribution is -2.19. The van der Waals surface area contributed by atoms with Crippen LogP contribution in [0, 0.1) is 0 Å². The van der Waals surface area contributed by atoms with Crippen molar-refractivity contribution in [2.24, 2.45) is 5.73 Å². The molecular weight excluding hydrogens is 927 g/mol. The average Bonchev–Trinajstić information content (AvgIpc) is 4.06. The highest BCUT2D eigenvalue weighted by molar-refractivity contribution is 6.35. The number of aromatic nitrogens is 6. The number of anilines is 3. The van der Waals surface area contributed by atoms with Gasteiger partial charge in [0.2, 0.25) is 0 Å². The number of halogens is 3. The van der Waals surface area contributed by atoms with Crippen molar-refractivity contribution in [3.63, 3.8) is 0 Å². The predicted molar refractivity (Wildman–Crippen MR) is 269 cm³/mol. The molecule has 8 N–H and O–H groups in total. The van der Waals surface area contributed by atoms with Crippen molar-refractivity contribution in [1.82, 2.24) is 30.6 Å². The summed E-state index contributed by atoms with van der Waals surface area (Å²) < 4.78 is 9.84. The number of rotatable bonds is 8. The van der Waals surface area contributed by atoms with Crippen LogP contribution in [0.2, 0.25) is 15.1 Å². The molecule has 15 nitrogen and oxygen atoms in total. The van der Waals surface area contributed by atoms with Crippen molar-refractivity contribution >= 4 is 103 Å². The molecule has 0 fully saturated rings. The van der Waals surface area contributed by atoms with Gasteiger partial charge in [-0.3, -0.25) is 31.2 Å². The highest BCUT2D eigenvalue weighted by atomic mass is 35.5. The van der Waals surface area contributed by atoms with Gasteiger partial charge in [0.1, 0.15) is 6.61 Å². The second kappa shape index (κ2) is 21.3. The lowest BCUT2D eigenvalue weighted by Gasteiger charge is -2.07. The number of ether oxygens (including phenoxy) is 2. The van der Waals surface area contributed by atoms with Crippen LogP contribution in [-0.2, 0) is 16.1 Å². The van der Waals surface area contributed by atoms with Gasteiger partial charge in [0.25, 0.3) is 0 Å². The number of aromatic amines is 3. The van der Waals surface area contributed by atoms with Crippen molar-refractivity contribution < 1.29 is 23.9 Å². The summed E-state index contributed by atoms with van der Waals surface area (Å²) in [5.41, 5.74) is 13.8. The number of carbonyl (C=O) groups excluding carboxylic acids is 3. The molecule has 7 aromatic carbocycles. The number of fused-ring (bicyclic) bond motifs is 3. The molecule has 0 aliphatic rings. The third-order valence-electron chi connectivity index (χ3n) is 10.3. The van der Waals surface area contributed by atoms with E-state index in [2.05, 4.69) is 51.3 Å². The van der Waals surface area contributed by atoms with Crippen LogP contribution in [0.5, 0.6) is 0 Å². The summed E-state index contributed by atoms with van der Waals surface area (Å²) in [6.45, 7) is 0.191. The molecule has 68 heavy (non-hydrogen) atoms. The molecule has 10 aromatic rings. The maximum Gasteiger partial charge on any atom is 0.413 e. The molecule has 0 atom stereocenters. The number of nitrogens with one attached hydrogen (secondary N) is 6. The van der Waals surface area contributed by atoms with Gasteiger partial charge in [0.05, 0.1) is 38.7 Å². The topological polar surface area (TPSA) is 218 Å². The molecule has 0 saturated heterocycles. The van der Waals surface area contributed by atoms with Crippen molar-refractivity contribution in [1.29, 1.82) is 0 Å². The summed E-state index contributed by atoms with van der Waals surface area (Å²) >= 11 is 19.0. The normalized spacial score (nSPS) is 10.6. The van der Waals surface area contributed by atoms with Crippen molar-refractivity contribution in [3.8, 4) is 33.4 Å². The fraction of sp³-hybridized carbons (Fsp3) is 0.0400. The molecule has 4 amide bonds. The van der Waals surface area contributed by atoms with Gasteiger partial charge in [-0.05, 0) is 58.7 Å². The van der Waals surface area contributed by atoms with Crippen LogP contribution >= 0.6 is 34.8 Å². The number of methoxy groups -OCH3 is 1. The number of nitrogens with two attached hydrogens (primary N) is 1. The van der Waals surface area contributed by atoms with E-state index >= 15 is 0 Å². The van der Waals surface area contributed by atoms with E-state index in [1.165, 1.54) is 7.11 Å². The number of benzene rings is 7. The molecular formula is C50H39Cl3N10O5. The molecule has 18 heteroatoms. The second-order valence-corrected chi connectivity index (χ2v) is 16.0. The van der Waals surface area contributed by atoms with E-state index in [1.807, 2.05) is 140 Å². The second-order valence-electron chi connectivity index (χ2n) is 14.7. The van der Waals surface area contributed by atoms with Gasteiger partial charge in [-0.2, -0.15) is 15.3 Å². The third kappa shape index (κ3) is 11.0. The molecule has 340 valence electrons. The zero-order valence-electron chi connectivity index (χ0n) is 35.8. The van der Waals surface area contributed by atoms with Gasteiger partial charge in [-0.1, -0.05) is 156 Å². The first kappa shape index (κ1) is 46.2. The van der Waals surface area contributed by atoms with Gasteiger partial charge in [-0.15, -0.1) is 0 Å². The smallest absolute Gasteiger partial charge is 0.413 e.